The Balaban J connectivity index is 2.04. The third kappa shape index (κ3) is 2.96. The molecule has 1 amide bonds. The molecule has 0 heterocycles. The number of methoxy groups -OCH3 is 1. The van der Waals surface area contributed by atoms with Gasteiger partial charge in [0.25, 0.3) is 0 Å². The Hall–Kier alpha value is -1.39. The van der Waals surface area contributed by atoms with Gasteiger partial charge in [-0.3, -0.25) is 4.79 Å². The maximum absolute atomic E-state index is 12.4. The van der Waals surface area contributed by atoms with Crippen molar-refractivity contribution in [2.75, 3.05) is 20.3 Å². The fraction of sp³-hybridized carbons (Fsp3) is 0.533. The number of hydrogen-bond donors (Lipinski definition) is 2. The number of hydrogen-bond acceptors (Lipinski definition) is 3. The lowest BCUT2D eigenvalue weighted by Gasteiger charge is -2.40. The Morgan fingerprint density at radius 3 is 2.58 bits per heavy atom. The Labute approximate surface area is 113 Å². The quantitative estimate of drug-likeness (QED) is 0.820. The van der Waals surface area contributed by atoms with E-state index in [4.69, 9.17) is 4.74 Å². The van der Waals surface area contributed by atoms with Gasteiger partial charge < -0.3 is 15.2 Å². The lowest BCUT2D eigenvalue weighted by atomic mass is 9.68. The van der Waals surface area contributed by atoms with Crippen molar-refractivity contribution in [2.45, 2.75) is 25.3 Å². The van der Waals surface area contributed by atoms with Crippen molar-refractivity contribution >= 4 is 5.91 Å². The van der Waals surface area contributed by atoms with Gasteiger partial charge in [0.2, 0.25) is 5.91 Å². The molecule has 0 aromatic heterocycles. The van der Waals surface area contributed by atoms with Crippen molar-refractivity contribution in [3.05, 3.63) is 35.9 Å². The number of carbonyl (C=O) groups is 1. The number of aliphatic hydroxyl groups excluding tert-OH is 1. The molecule has 104 valence electrons. The minimum Gasteiger partial charge on any atom is -0.394 e. The molecule has 1 atom stereocenters. The molecule has 2 N–H and O–H groups in total. The number of carbonyl (C=O) groups excluding carboxylic acids is 1. The summed E-state index contributed by atoms with van der Waals surface area (Å²) in [6.07, 6.45) is 2.78. The highest BCUT2D eigenvalue weighted by atomic mass is 16.5. The summed E-state index contributed by atoms with van der Waals surface area (Å²) >= 11 is 0. The first kappa shape index (κ1) is 14.0. The largest absolute Gasteiger partial charge is 0.394 e. The molecular formula is C15H21NO3. The highest BCUT2D eigenvalue weighted by molar-refractivity contribution is 5.84. The molecule has 19 heavy (non-hydrogen) atoms. The smallest absolute Gasteiger partial charge is 0.229 e. The normalized spacial score (nSPS) is 18.4. The van der Waals surface area contributed by atoms with E-state index in [-0.39, 0.29) is 18.6 Å². The minimum atomic E-state index is -0.392. The second kappa shape index (κ2) is 6.17. The third-order valence-corrected chi connectivity index (χ3v) is 3.90. The number of rotatable bonds is 6. The van der Waals surface area contributed by atoms with Gasteiger partial charge in [-0.05, 0) is 18.4 Å². The van der Waals surface area contributed by atoms with Crippen LogP contribution in [0.2, 0.25) is 0 Å². The molecule has 4 nitrogen and oxygen atoms in total. The third-order valence-electron chi connectivity index (χ3n) is 3.90. The molecule has 0 saturated heterocycles. The van der Waals surface area contributed by atoms with Crippen molar-refractivity contribution in [3.63, 3.8) is 0 Å². The molecule has 1 unspecified atom stereocenters. The fourth-order valence-electron chi connectivity index (χ4n) is 2.55. The van der Waals surface area contributed by atoms with E-state index >= 15 is 0 Å². The lowest BCUT2D eigenvalue weighted by molar-refractivity contribution is -0.141. The van der Waals surface area contributed by atoms with Crippen LogP contribution in [0.3, 0.4) is 0 Å². The summed E-state index contributed by atoms with van der Waals surface area (Å²) in [6, 6.07) is 9.19. The van der Waals surface area contributed by atoms with Crippen molar-refractivity contribution in [2.24, 2.45) is 5.41 Å². The number of ether oxygens (including phenoxy) is 1. The summed E-state index contributed by atoms with van der Waals surface area (Å²) < 4.78 is 5.17. The molecule has 4 heteroatoms. The van der Waals surface area contributed by atoms with Gasteiger partial charge in [-0.2, -0.15) is 0 Å². The average molecular weight is 263 g/mol. The Bertz CT molecular complexity index is 415. The van der Waals surface area contributed by atoms with E-state index in [1.807, 2.05) is 30.3 Å². The summed E-state index contributed by atoms with van der Waals surface area (Å²) in [5.41, 5.74) is 0.530. The molecule has 1 aromatic rings. The molecule has 1 aromatic carbocycles. The molecule has 1 aliphatic carbocycles. The first-order valence-electron chi connectivity index (χ1n) is 6.67. The first-order chi connectivity index (χ1) is 9.22. The van der Waals surface area contributed by atoms with Crippen LogP contribution < -0.4 is 5.32 Å². The van der Waals surface area contributed by atoms with E-state index in [1.54, 1.807) is 7.11 Å². The van der Waals surface area contributed by atoms with Crippen LogP contribution in [-0.2, 0) is 9.53 Å². The average Bonchev–Trinajstić information content (AvgIpc) is 2.40. The maximum atomic E-state index is 12.4. The molecule has 0 aliphatic heterocycles. The maximum Gasteiger partial charge on any atom is 0.229 e. The molecule has 1 aliphatic rings. The molecular weight excluding hydrogens is 242 g/mol. The molecule has 0 spiro atoms. The zero-order valence-corrected chi connectivity index (χ0v) is 11.3. The van der Waals surface area contributed by atoms with E-state index in [2.05, 4.69) is 5.32 Å². The zero-order chi connectivity index (χ0) is 13.7. The minimum absolute atomic E-state index is 0.0106. The summed E-state index contributed by atoms with van der Waals surface area (Å²) in [6.45, 7) is 0.352. The zero-order valence-electron chi connectivity index (χ0n) is 11.3. The van der Waals surface area contributed by atoms with E-state index in [0.29, 0.717) is 6.61 Å². The van der Waals surface area contributed by atoms with Crippen LogP contribution in [0.4, 0.5) is 0 Å². The topological polar surface area (TPSA) is 58.6 Å². The predicted molar refractivity (Wildman–Crippen MR) is 72.6 cm³/mol. The van der Waals surface area contributed by atoms with Crippen LogP contribution in [0.25, 0.3) is 0 Å². The number of aliphatic hydroxyl groups is 1. The van der Waals surface area contributed by atoms with Crippen LogP contribution in [-0.4, -0.2) is 31.3 Å². The summed E-state index contributed by atoms with van der Waals surface area (Å²) in [5, 5.41) is 12.4. The number of amides is 1. The van der Waals surface area contributed by atoms with Gasteiger partial charge in [0.1, 0.15) is 0 Å². The molecule has 1 fully saturated rings. The summed E-state index contributed by atoms with van der Waals surface area (Å²) in [5.74, 6) is -0.0106. The van der Waals surface area contributed by atoms with E-state index in [0.717, 1.165) is 24.8 Å². The van der Waals surface area contributed by atoms with Crippen molar-refractivity contribution < 1.29 is 14.6 Å². The SMILES string of the molecule is COCC1(C(=O)NC(CO)c2ccccc2)CCC1. The van der Waals surface area contributed by atoms with Gasteiger partial charge in [0.05, 0.1) is 24.7 Å². The van der Waals surface area contributed by atoms with Gasteiger partial charge in [-0.25, -0.2) is 0 Å². The number of nitrogens with one attached hydrogen (secondary N) is 1. The highest BCUT2D eigenvalue weighted by Gasteiger charge is 2.44. The molecule has 0 bridgehead atoms. The van der Waals surface area contributed by atoms with Gasteiger partial charge in [0, 0.05) is 7.11 Å². The van der Waals surface area contributed by atoms with Crippen LogP contribution in [0.15, 0.2) is 30.3 Å². The predicted octanol–water partition coefficient (Wildman–Crippen LogP) is 1.65. The van der Waals surface area contributed by atoms with Gasteiger partial charge in [-0.1, -0.05) is 36.8 Å². The summed E-state index contributed by atoms with van der Waals surface area (Å²) in [7, 11) is 1.62. The number of benzene rings is 1. The second-order valence-electron chi connectivity index (χ2n) is 5.19. The van der Waals surface area contributed by atoms with Gasteiger partial charge >= 0.3 is 0 Å². The van der Waals surface area contributed by atoms with Crippen molar-refractivity contribution in [1.82, 2.24) is 5.32 Å². The Morgan fingerprint density at radius 1 is 1.42 bits per heavy atom. The fourth-order valence-corrected chi connectivity index (χ4v) is 2.55. The van der Waals surface area contributed by atoms with Crippen LogP contribution in [0.5, 0.6) is 0 Å². The van der Waals surface area contributed by atoms with Crippen LogP contribution in [0.1, 0.15) is 30.9 Å². The Kier molecular flexibility index (Phi) is 4.56. The van der Waals surface area contributed by atoms with Crippen LogP contribution in [0, 0.1) is 5.41 Å². The van der Waals surface area contributed by atoms with E-state index in [9.17, 15) is 9.90 Å². The standard InChI is InChI=1S/C15H21NO3/c1-19-11-15(8-5-9-15)14(18)16-13(10-17)12-6-3-2-4-7-12/h2-4,6-7,13,17H,5,8-11H2,1H3,(H,16,18). The lowest BCUT2D eigenvalue weighted by Crippen LogP contribution is -2.50. The molecule has 0 radical (unpaired) electrons. The van der Waals surface area contributed by atoms with E-state index in [1.165, 1.54) is 0 Å². The van der Waals surface area contributed by atoms with Crippen molar-refractivity contribution in [1.29, 1.82) is 0 Å². The molecule has 1 saturated carbocycles. The Morgan fingerprint density at radius 2 is 2.11 bits per heavy atom. The molecule has 2 rings (SSSR count). The van der Waals surface area contributed by atoms with Gasteiger partial charge in [-0.15, -0.1) is 0 Å². The second-order valence-corrected chi connectivity index (χ2v) is 5.19. The van der Waals surface area contributed by atoms with E-state index < -0.39 is 5.41 Å². The monoisotopic (exact) mass is 263 g/mol. The van der Waals surface area contributed by atoms with Crippen molar-refractivity contribution in [3.8, 4) is 0 Å². The highest BCUT2D eigenvalue weighted by Crippen LogP contribution is 2.41. The first-order valence-corrected chi connectivity index (χ1v) is 6.67. The summed E-state index contributed by atoms with van der Waals surface area (Å²) in [4.78, 5) is 12.4. The van der Waals surface area contributed by atoms with Crippen LogP contribution >= 0.6 is 0 Å². The van der Waals surface area contributed by atoms with Gasteiger partial charge in [0.15, 0.2) is 0 Å².